The monoisotopic (exact) mass is 370 g/mol. The molecular formula is C19H26N6O2. The van der Waals surface area contributed by atoms with Crippen LogP contribution in [0.15, 0.2) is 36.7 Å². The number of hydrogen-bond acceptors (Lipinski definition) is 6. The SMILES string of the molecule is CCc1cccc(NC(=O)NCCNc2cc(N3CCOCC3)ncn2)c1. The molecule has 3 rings (SSSR count). The molecule has 0 saturated carbocycles. The van der Waals surface area contributed by atoms with Crippen molar-refractivity contribution < 1.29 is 9.53 Å². The fourth-order valence-corrected chi connectivity index (χ4v) is 2.82. The van der Waals surface area contributed by atoms with Gasteiger partial charge in [0.1, 0.15) is 18.0 Å². The van der Waals surface area contributed by atoms with Gasteiger partial charge >= 0.3 is 6.03 Å². The van der Waals surface area contributed by atoms with Crippen molar-refractivity contribution in [3.05, 3.63) is 42.2 Å². The minimum atomic E-state index is -0.221. The van der Waals surface area contributed by atoms with E-state index in [1.54, 1.807) is 6.33 Å². The molecule has 1 saturated heterocycles. The van der Waals surface area contributed by atoms with Crippen LogP contribution in [0, 0.1) is 0 Å². The lowest BCUT2D eigenvalue weighted by atomic mass is 10.1. The summed E-state index contributed by atoms with van der Waals surface area (Å²) in [4.78, 5) is 22.7. The average molecular weight is 370 g/mol. The minimum absolute atomic E-state index is 0.221. The van der Waals surface area contributed by atoms with Crippen LogP contribution in [0.5, 0.6) is 0 Å². The van der Waals surface area contributed by atoms with Crippen molar-refractivity contribution in [3.8, 4) is 0 Å². The van der Waals surface area contributed by atoms with Gasteiger partial charge in [0.2, 0.25) is 0 Å². The summed E-state index contributed by atoms with van der Waals surface area (Å²) >= 11 is 0. The van der Waals surface area contributed by atoms with E-state index in [9.17, 15) is 4.79 Å². The van der Waals surface area contributed by atoms with Gasteiger partial charge in [0.15, 0.2) is 0 Å². The van der Waals surface area contributed by atoms with Crippen molar-refractivity contribution in [1.29, 1.82) is 0 Å². The summed E-state index contributed by atoms with van der Waals surface area (Å²) in [5.74, 6) is 1.63. The molecule has 0 radical (unpaired) electrons. The van der Waals surface area contributed by atoms with Crippen molar-refractivity contribution in [1.82, 2.24) is 15.3 Å². The molecule has 0 atom stereocenters. The second kappa shape index (κ2) is 9.72. The van der Waals surface area contributed by atoms with Crippen LogP contribution < -0.4 is 20.9 Å². The lowest BCUT2D eigenvalue weighted by Gasteiger charge is -2.27. The molecule has 1 aliphatic rings. The summed E-state index contributed by atoms with van der Waals surface area (Å²) in [5, 5.41) is 8.89. The van der Waals surface area contributed by atoms with Crippen molar-refractivity contribution in [2.75, 3.05) is 54.9 Å². The van der Waals surface area contributed by atoms with Gasteiger partial charge in [-0.15, -0.1) is 0 Å². The number of hydrogen-bond donors (Lipinski definition) is 3. The maximum absolute atomic E-state index is 12.0. The zero-order valence-electron chi connectivity index (χ0n) is 15.6. The van der Waals surface area contributed by atoms with Gasteiger partial charge < -0.3 is 25.6 Å². The summed E-state index contributed by atoms with van der Waals surface area (Å²) in [6, 6.07) is 9.54. The number of rotatable bonds is 7. The number of nitrogens with one attached hydrogen (secondary N) is 3. The Labute approximate surface area is 159 Å². The Bertz CT molecular complexity index is 748. The zero-order valence-corrected chi connectivity index (χ0v) is 15.6. The first-order valence-corrected chi connectivity index (χ1v) is 9.27. The van der Waals surface area contributed by atoms with E-state index in [2.05, 4.69) is 37.7 Å². The summed E-state index contributed by atoms with van der Waals surface area (Å²) in [7, 11) is 0. The standard InChI is InChI=1S/C19H26N6O2/c1-2-15-4-3-5-16(12-15)24-19(26)21-7-6-20-17-13-18(23-14-22-17)25-8-10-27-11-9-25/h3-5,12-14H,2,6-11H2,1H3,(H,20,22,23)(H2,21,24,26). The first kappa shape index (κ1) is 18.9. The molecule has 8 heteroatoms. The number of carbonyl (C=O) groups is 1. The molecule has 1 aromatic carbocycles. The third-order valence-corrected chi connectivity index (χ3v) is 4.30. The number of ether oxygens (including phenoxy) is 1. The van der Waals surface area contributed by atoms with Crippen molar-refractivity contribution >= 4 is 23.4 Å². The highest BCUT2D eigenvalue weighted by Gasteiger charge is 2.12. The number of amides is 2. The van der Waals surface area contributed by atoms with Gasteiger partial charge in [-0.3, -0.25) is 0 Å². The van der Waals surface area contributed by atoms with Crippen molar-refractivity contribution in [2.45, 2.75) is 13.3 Å². The van der Waals surface area contributed by atoms with Gasteiger partial charge in [-0.2, -0.15) is 0 Å². The van der Waals surface area contributed by atoms with Crippen LogP contribution in [-0.2, 0) is 11.2 Å². The number of nitrogens with zero attached hydrogens (tertiary/aromatic N) is 3. The Kier molecular flexibility index (Phi) is 6.81. The van der Waals surface area contributed by atoms with Crippen LogP contribution in [0.4, 0.5) is 22.1 Å². The highest BCUT2D eigenvalue weighted by Crippen LogP contribution is 2.15. The van der Waals surface area contributed by atoms with Crippen LogP contribution >= 0.6 is 0 Å². The molecule has 0 aliphatic carbocycles. The van der Waals surface area contributed by atoms with E-state index in [0.29, 0.717) is 26.3 Å². The van der Waals surface area contributed by atoms with Gasteiger partial charge in [0, 0.05) is 37.9 Å². The molecule has 1 aromatic heterocycles. The molecule has 0 spiro atoms. The van der Waals surface area contributed by atoms with Gasteiger partial charge in [-0.05, 0) is 24.1 Å². The Balaban J connectivity index is 1.41. The highest BCUT2D eigenvalue weighted by molar-refractivity contribution is 5.89. The summed E-state index contributed by atoms with van der Waals surface area (Å²) in [6.45, 7) is 6.23. The second-order valence-corrected chi connectivity index (χ2v) is 6.22. The maximum Gasteiger partial charge on any atom is 0.319 e. The molecule has 2 aromatic rings. The molecule has 144 valence electrons. The summed E-state index contributed by atoms with van der Waals surface area (Å²) in [5.41, 5.74) is 1.99. The first-order chi connectivity index (χ1) is 13.2. The maximum atomic E-state index is 12.0. The predicted molar refractivity (Wildman–Crippen MR) is 106 cm³/mol. The smallest absolute Gasteiger partial charge is 0.319 e. The zero-order chi connectivity index (χ0) is 18.9. The summed E-state index contributed by atoms with van der Waals surface area (Å²) in [6.07, 6.45) is 2.49. The van der Waals surface area contributed by atoms with E-state index in [4.69, 9.17) is 4.74 Å². The molecular weight excluding hydrogens is 344 g/mol. The topological polar surface area (TPSA) is 91.4 Å². The van der Waals surface area contributed by atoms with Crippen molar-refractivity contribution in [3.63, 3.8) is 0 Å². The molecule has 27 heavy (non-hydrogen) atoms. The number of anilines is 3. The van der Waals surface area contributed by atoms with Gasteiger partial charge in [-0.25, -0.2) is 14.8 Å². The normalized spacial score (nSPS) is 13.9. The van der Waals surface area contributed by atoms with Gasteiger partial charge in [0.25, 0.3) is 0 Å². The second-order valence-electron chi connectivity index (χ2n) is 6.22. The van der Waals surface area contributed by atoms with Crippen LogP contribution in [0.25, 0.3) is 0 Å². The number of urea groups is 1. The Morgan fingerprint density at radius 1 is 1.19 bits per heavy atom. The van der Waals surface area contributed by atoms with Gasteiger partial charge in [-0.1, -0.05) is 19.1 Å². The predicted octanol–water partition coefficient (Wildman–Crippen LogP) is 2.11. The van der Waals surface area contributed by atoms with Gasteiger partial charge in [0.05, 0.1) is 13.2 Å². The average Bonchev–Trinajstić information content (AvgIpc) is 2.72. The first-order valence-electron chi connectivity index (χ1n) is 9.27. The summed E-state index contributed by atoms with van der Waals surface area (Å²) < 4.78 is 5.36. The van der Waals surface area contributed by atoms with Crippen LogP contribution in [0.2, 0.25) is 0 Å². The fraction of sp³-hybridized carbons (Fsp3) is 0.421. The van der Waals surface area contributed by atoms with E-state index in [-0.39, 0.29) is 6.03 Å². The molecule has 2 heterocycles. The van der Waals surface area contributed by atoms with E-state index < -0.39 is 0 Å². The number of benzene rings is 1. The van der Waals surface area contributed by atoms with Crippen molar-refractivity contribution in [2.24, 2.45) is 0 Å². The Morgan fingerprint density at radius 3 is 2.85 bits per heavy atom. The molecule has 0 bridgehead atoms. The lowest BCUT2D eigenvalue weighted by molar-refractivity contribution is 0.122. The number of morpholine rings is 1. The number of aromatic nitrogens is 2. The largest absolute Gasteiger partial charge is 0.378 e. The van der Waals surface area contributed by atoms with E-state index in [1.165, 1.54) is 5.56 Å². The molecule has 0 unspecified atom stereocenters. The third kappa shape index (κ3) is 5.82. The quantitative estimate of drug-likeness (QED) is 0.647. The molecule has 2 amide bonds. The minimum Gasteiger partial charge on any atom is -0.378 e. The third-order valence-electron chi connectivity index (χ3n) is 4.30. The van der Waals surface area contributed by atoms with Crippen LogP contribution in [0.3, 0.4) is 0 Å². The van der Waals surface area contributed by atoms with Crippen LogP contribution in [0.1, 0.15) is 12.5 Å². The number of carbonyl (C=O) groups excluding carboxylic acids is 1. The molecule has 1 fully saturated rings. The molecule has 8 nitrogen and oxygen atoms in total. The highest BCUT2D eigenvalue weighted by atomic mass is 16.5. The van der Waals surface area contributed by atoms with Crippen LogP contribution in [-0.4, -0.2) is 55.4 Å². The Hall–Kier alpha value is -2.87. The van der Waals surface area contributed by atoms with E-state index >= 15 is 0 Å². The molecule has 3 N–H and O–H groups in total. The molecule has 1 aliphatic heterocycles. The fourth-order valence-electron chi connectivity index (χ4n) is 2.82. The number of aryl methyl sites for hydroxylation is 1. The van der Waals surface area contributed by atoms with E-state index in [0.717, 1.165) is 36.8 Å². The van der Waals surface area contributed by atoms with E-state index in [1.807, 2.05) is 30.3 Å². The Morgan fingerprint density at radius 2 is 2.04 bits per heavy atom. The lowest BCUT2D eigenvalue weighted by Crippen LogP contribution is -2.36.